The second-order valence-electron chi connectivity index (χ2n) is 4.90. The normalized spacial score (nSPS) is 11.5. The van der Waals surface area contributed by atoms with Crippen LogP contribution in [0.25, 0.3) is 6.08 Å². The second kappa shape index (κ2) is 7.09. The van der Waals surface area contributed by atoms with Gasteiger partial charge in [0, 0.05) is 38.4 Å². The summed E-state index contributed by atoms with van der Waals surface area (Å²) in [6.45, 7) is 7.37. The van der Waals surface area contributed by atoms with Crippen LogP contribution in [0.4, 0.5) is 5.82 Å². The molecule has 0 fully saturated rings. The van der Waals surface area contributed by atoms with E-state index in [0.717, 1.165) is 29.7 Å². The number of aromatic nitrogens is 2. The molecule has 0 spiro atoms. The first-order valence-electron chi connectivity index (χ1n) is 6.58. The van der Waals surface area contributed by atoms with E-state index in [4.69, 9.17) is 9.84 Å². The average Bonchev–Trinajstić information content (AvgIpc) is 2.62. The highest BCUT2D eigenvalue weighted by Crippen LogP contribution is 2.26. The van der Waals surface area contributed by atoms with Crippen LogP contribution in [0.5, 0.6) is 0 Å². The van der Waals surface area contributed by atoms with Gasteiger partial charge in [0.1, 0.15) is 5.82 Å². The van der Waals surface area contributed by atoms with E-state index in [9.17, 15) is 4.79 Å². The Morgan fingerprint density at radius 1 is 1.55 bits per heavy atom. The smallest absolute Gasteiger partial charge is 0.328 e. The third-order valence-corrected chi connectivity index (χ3v) is 3.06. The maximum absolute atomic E-state index is 10.7. The fraction of sp³-hybridized carbons (Fsp3) is 0.571. The number of hydrogen-bond acceptors (Lipinski definition) is 4. The lowest BCUT2D eigenvalue weighted by atomic mass is 10.2. The van der Waals surface area contributed by atoms with E-state index in [1.54, 1.807) is 17.9 Å². The molecule has 1 aromatic rings. The first kappa shape index (κ1) is 16.2. The molecule has 0 atom stereocenters. The molecule has 0 saturated carbocycles. The van der Waals surface area contributed by atoms with Crippen molar-refractivity contribution in [1.82, 2.24) is 9.78 Å². The SMILES string of the molecule is COCCN(c1c(/C=C/C(=O)O)c(C)nn1C)C(C)C. The number of hydrogen-bond donors (Lipinski definition) is 1. The highest BCUT2D eigenvalue weighted by Gasteiger charge is 2.20. The summed E-state index contributed by atoms with van der Waals surface area (Å²) in [5.41, 5.74) is 1.64. The number of aryl methyl sites for hydroxylation is 2. The van der Waals surface area contributed by atoms with Gasteiger partial charge in [0.25, 0.3) is 0 Å². The van der Waals surface area contributed by atoms with Gasteiger partial charge in [0.05, 0.1) is 12.3 Å². The van der Waals surface area contributed by atoms with E-state index in [1.165, 1.54) is 0 Å². The zero-order valence-electron chi connectivity index (χ0n) is 12.8. The van der Waals surface area contributed by atoms with Crippen LogP contribution in [0.3, 0.4) is 0 Å². The van der Waals surface area contributed by atoms with Gasteiger partial charge in [0.15, 0.2) is 0 Å². The monoisotopic (exact) mass is 281 g/mol. The molecule has 0 bridgehead atoms. The number of methoxy groups -OCH3 is 1. The quantitative estimate of drug-likeness (QED) is 0.770. The van der Waals surface area contributed by atoms with Crippen molar-refractivity contribution in [3.8, 4) is 0 Å². The molecule has 0 saturated heterocycles. The zero-order valence-corrected chi connectivity index (χ0v) is 12.8. The van der Waals surface area contributed by atoms with E-state index in [-0.39, 0.29) is 6.04 Å². The molecule has 0 aliphatic heterocycles. The van der Waals surface area contributed by atoms with Crippen LogP contribution in [-0.4, -0.2) is 47.2 Å². The summed E-state index contributed by atoms with van der Waals surface area (Å²) in [5.74, 6) is -0.0563. The molecule has 1 aromatic heterocycles. The van der Waals surface area contributed by atoms with Gasteiger partial charge >= 0.3 is 5.97 Å². The fourth-order valence-electron chi connectivity index (χ4n) is 2.15. The van der Waals surface area contributed by atoms with Crippen molar-refractivity contribution >= 4 is 17.9 Å². The number of ether oxygens (including phenoxy) is 1. The van der Waals surface area contributed by atoms with Crippen LogP contribution in [0, 0.1) is 6.92 Å². The lowest BCUT2D eigenvalue weighted by Crippen LogP contribution is -2.35. The van der Waals surface area contributed by atoms with Gasteiger partial charge in [-0.3, -0.25) is 4.68 Å². The molecule has 0 radical (unpaired) electrons. The number of rotatable bonds is 7. The van der Waals surface area contributed by atoms with Gasteiger partial charge in [0.2, 0.25) is 0 Å². The summed E-state index contributed by atoms with van der Waals surface area (Å²) in [5, 5.41) is 13.2. The van der Waals surface area contributed by atoms with E-state index in [0.29, 0.717) is 6.61 Å². The standard InChI is InChI=1S/C14H23N3O3/c1-10(2)17(8-9-20-5)14-12(6-7-13(18)19)11(3)15-16(14)4/h6-7,10H,8-9H2,1-5H3,(H,18,19)/b7-6+. The summed E-state index contributed by atoms with van der Waals surface area (Å²) in [4.78, 5) is 12.9. The largest absolute Gasteiger partial charge is 0.478 e. The van der Waals surface area contributed by atoms with Crippen LogP contribution in [0.15, 0.2) is 6.08 Å². The van der Waals surface area contributed by atoms with Gasteiger partial charge in [-0.1, -0.05) is 0 Å². The van der Waals surface area contributed by atoms with Crippen molar-refractivity contribution in [3.63, 3.8) is 0 Å². The molecular formula is C14H23N3O3. The van der Waals surface area contributed by atoms with E-state index in [2.05, 4.69) is 23.8 Å². The number of anilines is 1. The molecule has 0 aliphatic carbocycles. The lowest BCUT2D eigenvalue weighted by Gasteiger charge is -2.29. The Bertz CT molecular complexity index is 492. The Kier molecular flexibility index (Phi) is 5.76. The molecule has 112 valence electrons. The third-order valence-electron chi connectivity index (χ3n) is 3.06. The number of carboxylic acid groups (broad SMARTS) is 1. The molecule has 0 aliphatic rings. The minimum absolute atomic E-state index is 0.261. The van der Waals surface area contributed by atoms with Crippen molar-refractivity contribution in [3.05, 3.63) is 17.3 Å². The Labute approximate surface area is 119 Å². The van der Waals surface area contributed by atoms with E-state index < -0.39 is 5.97 Å². The fourth-order valence-corrected chi connectivity index (χ4v) is 2.15. The van der Waals surface area contributed by atoms with Gasteiger partial charge in [-0.15, -0.1) is 0 Å². The summed E-state index contributed by atoms with van der Waals surface area (Å²) in [7, 11) is 3.53. The topological polar surface area (TPSA) is 67.6 Å². The minimum atomic E-state index is -0.966. The molecule has 0 aromatic carbocycles. The maximum Gasteiger partial charge on any atom is 0.328 e. The summed E-state index contributed by atoms with van der Waals surface area (Å²) in [6, 6.07) is 0.261. The first-order chi connectivity index (χ1) is 9.38. The van der Waals surface area contributed by atoms with Gasteiger partial charge in [-0.25, -0.2) is 4.79 Å². The molecular weight excluding hydrogens is 258 g/mol. The van der Waals surface area contributed by atoms with Crippen molar-refractivity contribution in [1.29, 1.82) is 0 Å². The molecule has 6 heteroatoms. The van der Waals surface area contributed by atoms with Crippen LogP contribution in [-0.2, 0) is 16.6 Å². The lowest BCUT2D eigenvalue weighted by molar-refractivity contribution is -0.131. The molecule has 20 heavy (non-hydrogen) atoms. The number of carboxylic acids is 1. The molecule has 1 N–H and O–H groups in total. The van der Waals surface area contributed by atoms with Gasteiger partial charge in [-0.05, 0) is 26.8 Å². The third kappa shape index (κ3) is 3.84. The zero-order chi connectivity index (χ0) is 15.3. The number of carbonyl (C=O) groups is 1. The van der Waals surface area contributed by atoms with Crippen LogP contribution in [0.1, 0.15) is 25.1 Å². The van der Waals surface area contributed by atoms with Crippen molar-refractivity contribution < 1.29 is 14.6 Å². The van der Waals surface area contributed by atoms with E-state index in [1.807, 2.05) is 14.0 Å². The molecule has 1 rings (SSSR count). The average molecular weight is 281 g/mol. The van der Waals surface area contributed by atoms with Crippen molar-refractivity contribution in [2.24, 2.45) is 7.05 Å². The maximum atomic E-state index is 10.7. The highest BCUT2D eigenvalue weighted by molar-refractivity contribution is 5.87. The predicted molar refractivity (Wildman–Crippen MR) is 79.0 cm³/mol. The second-order valence-corrected chi connectivity index (χ2v) is 4.90. The Balaban J connectivity index is 3.22. The molecule has 1 heterocycles. The van der Waals surface area contributed by atoms with Crippen molar-refractivity contribution in [2.45, 2.75) is 26.8 Å². The minimum Gasteiger partial charge on any atom is -0.478 e. The molecule has 6 nitrogen and oxygen atoms in total. The predicted octanol–water partition coefficient (Wildman–Crippen LogP) is 1.69. The van der Waals surface area contributed by atoms with E-state index >= 15 is 0 Å². The first-order valence-corrected chi connectivity index (χ1v) is 6.58. The van der Waals surface area contributed by atoms with Crippen LogP contribution >= 0.6 is 0 Å². The summed E-state index contributed by atoms with van der Waals surface area (Å²) < 4.78 is 6.93. The van der Waals surface area contributed by atoms with Gasteiger partial charge < -0.3 is 14.7 Å². The molecule has 0 unspecified atom stereocenters. The number of aliphatic carboxylic acids is 1. The van der Waals surface area contributed by atoms with Gasteiger partial charge in [-0.2, -0.15) is 5.10 Å². The van der Waals surface area contributed by atoms with Crippen molar-refractivity contribution in [2.75, 3.05) is 25.2 Å². The Morgan fingerprint density at radius 3 is 2.70 bits per heavy atom. The Hall–Kier alpha value is -1.82. The highest BCUT2D eigenvalue weighted by atomic mass is 16.5. The Morgan fingerprint density at radius 2 is 2.20 bits per heavy atom. The summed E-state index contributed by atoms with van der Waals surface area (Å²) in [6.07, 6.45) is 2.74. The van der Waals surface area contributed by atoms with Crippen LogP contribution in [0.2, 0.25) is 0 Å². The summed E-state index contributed by atoms with van der Waals surface area (Å²) >= 11 is 0. The van der Waals surface area contributed by atoms with Crippen LogP contribution < -0.4 is 4.90 Å². The molecule has 0 amide bonds. The number of nitrogens with zero attached hydrogens (tertiary/aromatic N) is 3.